The second-order valence-electron chi connectivity index (χ2n) is 7.98. The SMILES string of the molecule is CCCCCn1c(=O)c2ccccc2n2c(SCC(=O)N(CC)Cc3ccccc3)nnc12. The van der Waals surface area contributed by atoms with Crippen molar-refractivity contribution in [2.45, 2.75) is 51.4 Å². The summed E-state index contributed by atoms with van der Waals surface area (Å²) in [5.74, 6) is 0.829. The van der Waals surface area contributed by atoms with Gasteiger partial charge in [-0.05, 0) is 31.0 Å². The van der Waals surface area contributed by atoms with Gasteiger partial charge < -0.3 is 4.90 Å². The molecule has 0 fully saturated rings. The van der Waals surface area contributed by atoms with Crippen LogP contribution in [0.1, 0.15) is 38.7 Å². The van der Waals surface area contributed by atoms with Crippen LogP contribution in [0.25, 0.3) is 16.7 Å². The van der Waals surface area contributed by atoms with Gasteiger partial charge in [0.1, 0.15) is 0 Å². The van der Waals surface area contributed by atoms with Crippen molar-refractivity contribution in [1.82, 2.24) is 24.1 Å². The molecule has 0 bridgehead atoms. The first-order valence-electron chi connectivity index (χ1n) is 11.4. The maximum atomic E-state index is 13.1. The van der Waals surface area contributed by atoms with Gasteiger partial charge in [0.25, 0.3) is 5.56 Å². The number of unbranched alkanes of at least 4 members (excludes halogenated alkanes) is 2. The van der Waals surface area contributed by atoms with Crippen LogP contribution >= 0.6 is 11.8 Å². The Bertz CT molecular complexity index is 1300. The van der Waals surface area contributed by atoms with E-state index in [0.29, 0.717) is 36.0 Å². The third-order valence-corrected chi connectivity index (χ3v) is 6.65. The minimum atomic E-state index is -0.0470. The van der Waals surface area contributed by atoms with Crippen molar-refractivity contribution in [2.75, 3.05) is 12.3 Å². The first-order valence-corrected chi connectivity index (χ1v) is 12.4. The van der Waals surface area contributed by atoms with Gasteiger partial charge in [0.15, 0.2) is 5.16 Å². The highest BCUT2D eigenvalue weighted by Gasteiger charge is 2.19. The Morgan fingerprint density at radius 1 is 1.00 bits per heavy atom. The standard InChI is InChI=1S/C25H29N5O2S/c1-3-5-11-16-29-23(32)20-14-9-10-15-21(20)30-24(29)26-27-25(30)33-18-22(31)28(4-2)17-19-12-7-6-8-13-19/h6-10,12-15H,3-5,11,16-18H2,1-2H3. The molecule has 0 saturated heterocycles. The van der Waals surface area contributed by atoms with Gasteiger partial charge in [-0.3, -0.25) is 18.6 Å². The second kappa shape index (κ2) is 10.7. The summed E-state index contributed by atoms with van der Waals surface area (Å²) in [5.41, 5.74) is 1.82. The molecule has 0 N–H and O–H groups in total. The Morgan fingerprint density at radius 2 is 1.76 bits per heavy atom. The van der Waals surface area contributed by atoms with Gasteiger partial charge in [0.05, 0.1) is 16.7 Å². The molecule has 0 atom stereocenters. The molecule has 0 aliphatic heterocycles. The highest BCUT2D eigenvalue weighted by atomic mass is 32.2. The number of hydrogen-bond donors (Lipinski definition) is 0. The Labute approximate surface area is 197 Å². The monoisotopic (exact) mass is 463 g/mol. The minimum absolute atomic E-state index is 0.0451. The Kier molecular flexibility index (Phi) is 7.44. The summed E-state index contributed by atoms with van der Waals surface area (Å²) in [6.07, 6.45) is 3.03. The van der Waals surface area contributed by atoms with Gasteiger partial charge in [0, 0.05) is 19.6 Å². The molecule has 2 aromatic heterocycles. The molecule has 7 nitrogen and oxygen atoms in total. The number of benzene rings is 2. The van der Waals surface area contributed by atoms with E-state index in [-0.39, 0.29) is 17.2 Å². The van der Waals surface area contributed by atoms with Crippen LogP contribution in [-0.2, 0) is 17.9 Å². The summed E-state index contributed by atoms with van der Waals surface area (Å²) in [6.45, 7) is 5.94. The Morgan fingerprint density at radius 3 is 2.52 bits per heavy atom. The van der Waals surface area contributed by atoms with E-state index in [4.69, 9.17) is 0 Å². The van der Waals surface area contributed by atoms with Crippen LogP contribution in [0.2, 0.25) is 0 Å². The second-order valence-corrected chi connectivity index (χ2v) is 8.92. The number of aryl methyl sites for hydroxylation is 1. The van der Waals surface area contributed by atoms with Crippen molar-refractivity contribution < 1.29 is 4.79 Å². The predicted octanol–water partition coefficient (Wildman–Crippen LogP) is 4.38. The van der Waals surface area contributed by atoms with E-state index < -0.39 is 0 Å². The van der Waals surface area contributed by atoms with E-state index in [1.807, 2.05) is 70.8 Å². The molecule has 4 rings (SSSR count). The molecule has 2 aromatic carbocycles. The smallest absolute Gasteiger partial charge is 0.262 e. The zero-order valence-electron chi connectivity index (χ0n) is 19.1. The van der Waals surface area contributed by atoms with Gasteiger partial charge in [-0.2, -0.15) is 0 Å². The van der Waals surface area contributed by atoms with Crippen LogP contribution in [0.15, 0.2) is 64.5 Å². The number of carbonyl (C=O) groups excluding carboxylic acids is 1. The summed E-state index contributed by atoms with van der Waals surface area (Å²) in [7, 11) is 0. The Hall–Kier alpha value is -3.13. The average molecular weight is 464 g/mol. The van der Waals surface area contributed by atoms with Crippen molar-refractivity contribution >= 4 is 34.3 Å². The third kappa shape index (κ3) is 4.95. The molecule has 0 radical (unpaired) electrons. The van der Waals surface area contributed by atoms with Crippen LogP contribution in [0, 0.1) is 0 Å². The lowest BCUT2D eigenvalue weighted by Crippen LogP contribution is -2.31. The zero-order valence-corrected chi connectivity index (χ0v) is 19.9. The third-order valence-electron chi connectivity index (χ3n) is 5.74. The van der Waals surface area contributed by atoms with Crippen LogP contribution in [0.5, 0.6) is 0 Å². The number of carbonyl (C=O) groups is 1. The number of fused-ring (bicyclic) bond motifs is 3. The highest BCUT2D eigenvalue weighted by Crippen LogP contribution is 2.22. The average Bonchev–Trinajstić information content (AvgIpc) is 3.27. The summed E-state index contributed by atoms with van der Waals surface area (Å²) < 4.78 is 3.62. The lowest BCUT2D eigenvalue weighted by Gasteiger charge is -2.20. The number of thioether (sulfide) groups is 1. The van der Waals surface area contributed by atoms with Crippen molar-refractivity contribution in [3.8, 4) is 0 Å². The fourth-order valence-corrected chi connectivity index (χ4v) is 4.79. The first kappa shape index (κ1) is 23.0. The van der Waals surface area contributed by atoms with Gasteiger partial charge in [0.2, 0.25) is 11.7 Å². The van der Waals surface area contributed by atoms with Crippen LogP contribution < -0.4 is 5.56 Å². The van der Waals surface area contributed by atoms with Gasteiger partial charge in [-0.15, -0.1) is 10.2 Å². The molecule has 2 heterocycles. The van der Waals surface area contributed by atoms with E-state index in [1.165, 1.54) is 11.8 Å². The molecule has 0 unspecified atom stereocenters. The molecular weight excluding hydrogens is 434 g/mol. The largest absolute Gasteiger partial charge is 0.338 e. The number of hydrogen-bond acceptors (Lipinski definition) is 5. The van der Waals surface area contributed by atoms with E-state index in [1.54, 1.807) is 4.57 Å². The van der Waals surface area contributed by atoms with Crippen molar-refractivity contribution in [3.05, 3.63) is 70.5 Å². The number of amides is 1. The fourth-order valence-electron chi connectivity index (χ4n) is 3.95. The summed E-state index contributed by atoms with van der Waals surface area (Å²) in [6, 6.07) is 17.5. The predicted molar refractivity (Wildman–Crippen MR) is 133 cm³/mol. The molecule has 0 spiro atoms. The Balaban J connectivity index is 1.62. The van der Waals surface area contributed by atoms with Crippen molar-refractivity contribution in [2.24, 2.45) is 0 Å². The summed E-state index contributed by atoms with van der Waals surface area (Å²) >= 11 is 1.36. The van der Waals surface area contributed by atoms with E-state index in [2.05, 4.69) is 17.1 Å². The molecule has 33 heavy (non-hydrogen) atoms. The molecule has 4 aromatic rings. The van der Waals surface area contributed by atoms with Crippen molar-refractivity contribution in [1.29, 1.82) is 0 Å². The quantitative estimate of drug-likeness (QED) is 0.258. The van der Waals surface area contributed by atoms with E-state index in [9.17, 15) is 9.59 Å². The molecular formula is C25H29N5O2S. The van der Waals surface area contributed by atoms with Gasteiger partial charge in [-0.25, -0.2) is 0 Å². The maximum absolute atomic E-state index is 13.1. The number of nitrogens with zero attached hydrogens (tertiary/aromatic N) is 5. The van der Waals surface area contributed by atoms with E-state index in [0.717, 1.165) is 30.3 Å². The fraction of sp³-hybridized carbons (Fsp3) is 0.360. The van der Waals surface area contributed by atoms with Crippen molar-refractivity contribution in [3.63, 3.8) is 0 Å². The highest BCUT2D eigenvalue weighted by molar-refractivity contribution is 7.99. The molecule has 172 valence electrons. The van der Waals surface area contributed by atoms with Crippen LogP contribution in [-0.4, -0.2) is 42.3 Å². The summed E-state index contributed by atoms with van der Waals surface area (Å²) in [5, 5.41) is 9.96. The lowest BCUT2D eigenvalue weighted by atomic mass is 10.2. The molecule has 0 aliphatic carbocycles. The molecule has 8 heteroatoms. The van der Waals surface area contributed by atoms with Crippen LogP contribution in [0.4, 0.5) is 0 Å². The topological polar surface area (TPSA) is 72.5 Å². The molecule has 0 saturated carbocycles. The minimum Gasteiger partial charge on any atom is -0.338 e. The van der Waals surface area contributed by atoms with Gasteiger partial charge in [-0.1, -0.05) is 74.0 Å². The lowest BCUT2D eigenvalue weighted by molar-refractivity contribution is -0.128. The normalized spacial score (nSPS) is 11.3. The van der Waals surface area contributed by atoms with E-state index >= 15 is 0 Å². The number of para-hydroxylation sites is 1. The van der Waals surface area contributed by atoms with Gasteiger partial charge >= 0.3 is 0 Å². The molecule has 1 amide bonds. The number of aromatic nitrogens is 4. The maximum Gasteiger partial charge on any atom is 0.262 e. The summed E-state index contributed by atoms with van der Waals surface area (Å²) in [4.78, 5) is 27.9. The first-order chi connectivity index (χ1) is 16.1. The number of rotatable bonds is 10. The molecule has 0 aliphatic rings. The zero-order chi connectivity index (χ0) is 23.2. The van der Waals surface area contributed by atoms with Crippen LogP contribution in [0.3, 0.4) is 0 Å².